The highest BCUT2D eigenvalue weighted by Crippen LogP contribution is 2.28. The molecule has 0 spiro atoms. The zero-order chi connectivity index (χ0) is 22.3. The van der Waals surface area contributed by atoms with Gasteiger partial charge in [-0.2, -0.15) is 0 Å². The van der Waals surface area contributed by atoms with Gasteiger partial charge in [0.2, 0.25) is 5.91 Å². The minimum absolute atomic E-state index is 0.174. The summed E-state index contributed by atoms with van der Waals surface area (Å²) in [4.78, 5) is 24.5. The fourth-order valence-electron chi connectivity index (χ4n) is 2.70. The van der Waals surface area contributed by atoms with Gasteiger partial charge in [0.15, 0.2) is 6.61 Å². The van der Waals surface area contributed by atoms with Crippen molar-refractivity contribution in [1.82, 2.24) is 10.9 Å². The Morgan fingerprint density at radius 2 is 1.80 bits per heavy atom. The van der Waals surface area contributed by atoms with E-state index in [1.165, 1.54) is 7.11 Å². The minimum Gasteiger partial charge on any atom is -0.495 e. The Morgan fingerprint density at radius 3 is 2.47 bits per heavy atom. The quantitative estimate of drug-likeness (QED) is 0.523. The lowest BCUT2D eigenvalue weighted by Crippen LogP contribution is -2.49. The van der Waals surface area contributed by atoms with Crippen LogP contribution in [0.4, 0.5) is 5.69 Å². The second-order valence-corrected chi connectivity index (χ2v) is 7.67. The molecule has 0 aliphatic rings. The van der Waals surface area contributed by atoms with E-state index in [4.69, 9.17) is 21.1 Å². The number of methoxy groups -OCH3 is 1. The van der Waals surface area contributed by atoms with Crippen LogP contribution < -0.4 is 25.6 Å². The molecule has 2 aromatic rings. The molecule has 162 valence electrons. The van der Waals surface area contributed by atoms with Crippen LogP contribution in [-0.2, 0) is 9.59 Å². The molecule has 7 nitrogen and oxygen atoms in total. The van der Waals surface area contributed by atoms with Gasteiger partial charge in [0, 0.05) is 5.02 Å². The summed E-state index contributed by atoms with van der Waals surface area (Å²) < 4.78 is 10.9. The molecule has 8 heteroatoms. The van der Waals surface area contributed by atoms with Crippen molar-refractivity contribution in [3.8, 4) is 11.5 Å². The summed E-state index contributed by atoms with van der Waals surface area (Å²) in [7, 11) is 1.50. The summed E-state index contributed by atoms with van der Waals surface area (Å²) in [5.41, 5.74) is 7.69. The van der Waals surface area contributed by atoms with Crippen LogP contribution in [0.15, 0.2) is 36.4 Å². The number of hydrogen-bond acceptors (Lipinski definition) is 5. The number of amides is 2. The van der Waals surface area contributed by atoms with Gasteiger partial charge in [-0.3, -0.25) is 15.0 Å². The van der Waals surface area contributed by atoms with Crippen LogP contribution in [0.3, 0.4) is 0 Å². The maximum Gasteiger partial charge on any atom is 0.272 e. The lowest BCUT2D eigenvalue weighted by atomic mass is 10.0. The van der Waals surface area contributed by atoms with E-state index in [0.29, 0.717) is 22.2 Å². The van der Waals surface area contributed by atoms with Gasteiger partial charge in [0.05, 0.1) is 12.8 Å². The maximum atomic E-state index is 12.4. The van der Waals surface area contributed by atoms with Crippen molar-refractivity contribution >= 4 is 29.1 Å². The van der Waals surface area contributed by atoms with Crippen LogP contribution >= 0.6 is 11.6 Å². The summed E-state index contributed by atoms with van der Waals surface area (Å²) in [6.45, 7) is 7.54. The SMILES string of the molecule is COc1ccc(Cl)cc1NC(=O)[C@H](C)NNC(=O)COc1cc(C)ccc1C(C)C. The molecule has 30 heavy (non-hydrogen) atoms. The first-order valence-electron chi connectivity index (χ1n) is 9.63. The summed E-state index contributed by atoms with van der Waals surface area (Å²) in [6.07, 6.45) is 0. The Balaban J connectivity index is 1.87. The third-order valence-corrected chi connectivity index (χ3v) is 4.63. The predicted octanol–water partition coefficient (Wildman–Crippen LogP) is 3.81. The molecule has 3 N–H and O–H groups in total. The number of hydrogen-bond donors (Lipinski definition) is 3. The van der Waals surface area contributed by atoms with Gasteiger partial charge in [0.1, 0.15) is 17.5 Å². The van der Waals surface area contributed by atoms with E-state index in [0.717, 1.165) is 11.1 Å². The van der Waals surface area contributed by atoms with Crippen molar-refractivity contribution in [2.75, 3.05) is 19.0 Å². The minimum atomic E-state index is -0.706. The standard InChI is InChI=1S/C22H28ClN3O4/c1-13(2)17-8-6-14(3)10-20(17)30-12-21(27)26-25-15(4)22(28)24-18-11-16(23)7-9-19(18)29-5/h6-11,13,15,25H,12H2,1-5H3,(H,24,28)(H,26,27)/t15-/m0/s1. The van der Waals surface area contributed by atoms with E-state index in [9.17, 15) is 9.59 Å². The Bertz CT molecular complexity index is 902. The molecule has 0 saturated heterocycles. The Morgan fingerprint density at radius 1 is 1.07 bits per heavy atom. The van der Waals surface area contributed by atoms with Crippen LogP contribution in [0, 0.1) is 6.92 Å². The van der Waals surface area contributed by atoms with Crippen molar-refractivity contribution in [2.24, 2.45) is 0 Å². The third-order valence-electron chi connectivity index (χ3n) is 4.39. The van der Waals surface area contributed by atoms with Gasteiger partial charge in [-0.1, -0.05) is 37.6 Å². The molecule has 0 radical (unpaired) electrons. The number of benzene rings is 2. The molecule has 0 fully saturated rings. The number of rotatable bonds is 9. The van der Waals surface area contributed by atoms with Gasteiger partial charge in [-0.15, -0.1) is 0 Å². The molecule has 0 heterocycles. The van der Waals surface area contributed by atoms with Crippen molar-refractivity contribution in [3.05, 3.63) is 52.5 Å². The number of ether oxygens (including phenoxy) is 2. The predicted molar refractivity (Wildman–Crippen MR) is 118 cm³/mol. The molecule has 2 aromatic carbocycles. The highest BCUT2D eigenvalue weighted by atomic mass is 35.5. The third kappa shape index (κ3) is 6.64. The smallest absolute Gasteiger partial charge is 0.272 e. The molecule has 0 aromatic heterocycles. The summed E-state index contributed by atoms with van der Waals surface area (Å²) in [5, 5.41) is 3.18. The summed E-state index contributed by atoms with van der Waals surface area (Å²) in [6, 6.07) is 10.1. The largest absolute Gasteiger partial charge is 0.495 e. The topological polar surface area (TPSA) is 88.7 Å². The van der Waals surface area contributed by atoms with E-state index in [-0.39, 0.29) is 18.4 Å². The Kier molecular flexibility index (Phi) is 8.50. The van der Waals surface area contributed by atoms with E-state index >= 15 is 0 Å². The summed E-state index contributed by atoms with van der Waals surface area (Å²) >= 11 is 5.97. The number of anilines is 1. The highest BCUT2D eigenvalue weighted by molar-refractivity contribution is 6.31. The zero-order valence-electron chi connectivity index (χ0n) is 17.8. The van der Waals surface area contributed by atoms with Crippen LogP contribution in [0.2, 0.25) is 5.02 Å². The lowest BCUT2D eigenvalue weighted by molar-refractivity contribution is -0.125. The molecule has 0 unspecified atom stereocenters. The Hall–Kier alpha value is -2.77. The average molecular weight is 434 g/mol. The first-order chi connectivity index (χ1) is 14.2. The van der Waals surface area contributed by atoms with Crippen LogP contribution in [0.25, 0.3) is 0 Å². The van der Waals surface area contributed by atoms with Gasteiger partial charge in [0.25, 0.3) is 5.91 Å². The number of aryl methyl sites for hydroxylation is 1. The number of carbonyl (C=O) groups is 2. The Labute approximate surface area is 182 Å². The molecular formula is C22H28ClN3O4. The molecule has 2 amide bonds. The van der Waals surface area contributed by atoms with Crippen molar-refractivity contribution < 1.29 is 19.1 Å². The van der Waals surface area contributed by atoms with E-state index < -0.39 is 11.9 Å². The van der Waals surface area contributed by atoms with Crippen LogP contribution in [0.5, 0.6) is 11.5 Å². The molecule has 0 saturated carbocycles. The fourth-order valence-corrected chi connectivity index (χ4v) is 2.87. The molecule has 0 aliphatic carbocycles. The molecule has 1 atom stereocenters. The second-order valence-electron chi connectivity index (χ2n) is 7.23. The van der Waals surface area contributed by atoms with E-state index in [1.807, 2.05) is 25.1 Å². The van der Waals surface area contributed by atoms with Gasteiger partial charge in [-0.25, -0.2) is 5.43 Å². The molecular weight excluding hydrogens is 406 g/mol. The van der Waals surface area contributed by atoms with Crippen molar-refractivity contribution in [3.63, 3.8) is 0 Å². The number of halogens is 1. The second kappa shape index (κ2) is 10.8. The van der Waals surface area contributed by atoms with E-state index in [1.54, 1.807) is 25.1 Å². The van der Waals surface area contributed by atoms with Crippen molar-refractivity contribution in [1.29, 1.82) is 0 Å². The van der Waals surface area contributed by atoms with Gasteiger partial charge >= 0.3 is 0 Å². The summed E-state index contributed by atoms with van der Waals surface area (Å²) in [5.74, 6) is 0.674. The highest BCUT2D eigenvalue weighted by Gasteiger charge is 2.16. The first-order valence-corrected chi connectivity index (χ1v) is 10.0. The molecule has 2 rings (SSSR count). The number of nitrogens with one attached hydrogen (secondary N) is 3. The number of hydrazine groups is 1. The molecule has 0 bridgehead atoms. The van der Waals surface area contributed by atoms with Gasteiger partial charge in [-0.05, 0) is 55.2 Å². The van der Waals surface area contributed by atoms with Crippen LogP contribution in [0.1, 0.15) is 37.8 Å². The average Bonchev–Trinajstić information content (AvgIpc) is 2.70. The van der Waals surface area contributed by atoms with Gasteiger partial charge < -0.3 is 14.8 Å². The van der Waals surface area contributed by atoms with Crippen LogP contribution in [-0.4, -0.2) is 31.6 Å². The molecule has 0 aliphatic heterocycles. The normalized spacial score (nSPS) is 11.7. The van der Waals surface area contributed by atoms with Crippen molar-refractivity contribution in [2.45, 2.75) is 39.7 Å². The zero-order valence-corrected chi connectivity index (χ0v) is 18.6. The fraction of sp³-hybridized carbons (Fsp3) is 0.364. The lowest BCUT2D eigenvalue weighted by Gasteiger charge is -2.17. The monoisotopic (exact) mass is 433 g/mol. The first kappa shape index (κ1) is 23.5. The number of carbonyl (C=O) groups excluding carboxylic acids is 2. The maximum absolute atomic E-state index is 12.4. The van der Waals surface area contributed by atoms with E-state index in [2.05, 4.69) is 30.0 Å².